The molecule has 34 heavy (non-hydrogen) atoms. The van der Waals surface area contributed by atoms with Crippen molar-refractivity contribution in [2.75, 3.05) is 21.3 Å². The lowest BCUT2D eigenvalue weighted by atomic mass is 10.1. The van der Waals surface area contributed by atoms with Gasteiger partial charge in [-0.1, -0.05) is 23.7 Å². The summed E-state index contributed by atoms with van der Waals surface area (Å²) in [5, 5.41) is 0.398. The number of sulfone groups is 1. The summed E-state index contributed by atoms with van der Waals surface area (Å²) in [7, 11) is 0.0729. The number of benzene rings is 3. The molecule has 0 aliphatic heterocycles. The van der Waals surface area contributed by atoms with Crippen LogP contribution in [-0.2, 0) is 15.6 Å². The number of rotatable bonds is 9. The van der Waals surface area contributed by atoms with Crippen molar-refractivity contribution in [2.45, 2.75) is 5.75 Å². The summed E-state index contributed by atoms with van der Waals surface area (Å²) >= 11 is 5.92. The molecule has 0 aliphatic carbocycles. The number of ether oxygens (including phenoxy) is 3. The van der Waals surface area contributed by atoms with Crippen molar-refractivity contribution < 1.29 is 31.8 Å². The Bertz CT molecular complexity index is 1290. The Kier molecular flexibility index (Phi) is 7.96. The smallest absolute Gasteiger partial charge is 0.204 e. The van der Waals surface area contributed by atoms with Gasteiger partial charge in [0.05, 0.1) is 32.6 Å². The van der Waals surface area contributed by atoms with E-state index in [1.54, 1.807) is 12.1 Å². The molecule has 0 atom stereocenters. The normalized spacial score (nSPS) is 11.7. The minimum absolute atomic E-state index is 0.129. The molecule has 0 unspecified atom stereocenters. The zero-order valence-electron chi connectivity index (χ0n) is 18.7. The second-order valence-corrected chi connectivity index (χ2v) is 9.57. The highest BCUT2D eigenvalue weighted by Crippen LogP contribution is 2.37. The second-order valence-electron chi connectivity index (χ2n) is 7.18. The minimum Gasteiger partial charge on any atom is -0.496 e. The van der Waals surface area contributed by atoms with Crippen LogP contribution in [0.5, 0.6) is 17.2 Å². The van der Waals surface area contributed by atoms with Crippen molar-refractivity contribution >= 4 is 33.3 Å². The van der Waals surface area contributed by atoms with Crippen LogP contribution in [-0.4, -0.2) is 35.5 Å². The molecule has 0 amide bonds. The van der Waals surface area contributed by atoms with Crippen molar-refractivity contribution in [2.24, 2.45) is 0 Å². The summed E-state index contributed by atoms with van der Waals surface area (Å²) in [6.07, 6.45) is 1.22. The number of Topliss-reactive ketones (excluding diaryl/α,β-unsaturated/α-hetero) is 1. The Labute approximate surface area is 202 Å². The van der Waals surface area contributed by atoms with Crippen molar-refractivity contribution in [1.82, 2.24) is 0 Å². The molecule has 0 saturated heterocycles. The molecular formula is C25H22ClFO6S. The fourth-order valence-electron chi connectivity index (χ4n) is 3.22. The maximum Gasteiger partial charge on any atom is 0.204 e. The van der Waals surface area contributed by atoms with E-state index in [-0.39, 0.29) is 22.6 Å². The van der Waals surface area contributed by atoms with Crippen LogP contribution in [0.25, 0.3) is 6.08 Å². The molecule has 3 aromatic carbocycles. The van der Waals surface area contributed by atoms with Crippen molar-refractivity contribution in [1.29, 1.82) is 0 Å². The number of carbonyl (C=O) groups is 1. The Morgan fingerprint density at radius 2 is 1.47 bits per heavy atom. The highest BCUT2D eigenvalue weighted by Gasteiger charge is 2.28. The Morgan fingerprint density at radius 1 is 0.912 bits per heavy atom. The van der Waals surface area contributed by atoms with Gasteiger partial charge in [0.2, 0.25) is 5.78 Å². The third-order valence-electron chi connectivity index (χ3n) is 4.96. The summed E-state index contributed by atoms with van der Waals surface area (Å²) in [6, 6.07) is 14.0. The molecular weight excluding hydrogens is 483 g/mol. The highest BCUT2D eigenvalue weighted by atomic mass is 35.5. The molecule has 0 radical (unpaired) electrons. The molecule has 0 fully saturated rings. The van der Waals surface area contributed by atoms with Crippen molar-refractivity contribution in [3.8, 4) is 17.2 Å². The molecule has 9 heteroatoms. The van der Waals surface area contributed by atoms with E-state index in [0.717, 1.165) is 12.1 Å². The van der Waals surface area contributed by atoms with Gasteiger partial charge < -0.3 is 14.2 Å². The van der Waals surface area contributed by atoms with Gasteiger partial charge in [0.1, 0.15) is 28.0 Å². The van der Waals surface area contributed by atoms with Crippen LogP contribution >= 0.6 is 11.6 Å². The standard InChI is InChI=1S/C25H22ClFO6S/c1-31-20-12-22(32-2)21(23(13-20)33-3)14-24(25(28)17-6-8-18(26)9-7-17)34(29,30)15-16-4-10-19(27)11-5-16/h4-14H,15H2,1-3H3. The van der Waals surface area contributed by atoms with E-state index in [1.165, 1.54) is 63.8 Å². The average molecular weight is 505 g/mol. The van der Waals surface area contributed by atoms with Crippen LogP contribution in [0.4, 0.5) is 4.39 Å². The van der Waals surface area contributed by atoms with Crippen LogP contribution < -0.4 is 14.2 Å². The van der Waals surface area contributed by atoms with Gasteiger partial charge in [-0.05, 0) is 48.0 Å². The summed E-state index contributed by atoms with van der Waals surface area (Å²) in [5.41, 5.74) is 0.695. The lowest BCUT2D eigenvalue weighted by Gasteiger charge is -2.15. The van der Waals surface area contributed by atoms with E-state index in [2.05, 4.69) is 0 Å². The van der Waals surface area contributed by atoms with Gasteiger partial charge >= 0.3 is 0 Å². The van der Waals surface area contributed by atoms with Crippen molar-refractivity contribution in [3.05, 3.63) is 93.1 Å². The molecule has 0 aromatic heterocycles. The SMILES string of the molecule is COc1cc(OC)c(C=C(C(=O)c2ccc(Cl)cc2)S(=O)(=O)Cc2ccc(F)cc2)c(OC)c1. The lowest BCUT2D eigenvalue weighted by Crippen LogP contribution is -2.16. The van der Waals surface area contributed by atoms with Gasteiger partial charge in [-0.3, -0.25) is 4.79 Å². The number of hydrogen-bond acceptors (Lipinski definition) is 6. The van der Waals surface area contributed by atoms with Crippen molar-refractivity contribution in [3.63, 3.8) is 0 Å². The Morgan fingerprint density at radius 3 is 1.97 bits per heavy atom. The van der Waals surface area contributed by atoms with Crippen LogP contribution in [0, 0.1) is 5.82 Å². The largest absolute Gasteiger partial charge is 0.496 e. The first-order valence-corrected chi connectivity index (χ1v) is 12.0. The highest BCUT2D eigenvalue weighted by molar-refractivity contribution is 7.95. The average Bonchev–Trinajstić information content (AvgIpc) is 2.83. The molecule has 0 bridgehead atoms. The first-order valence-electron chi connectivity index (χ1n) is 9.97. The Balaban J connectivity index is 2.21. The first-order chi connectivity index (χ1) is 16.2. The molecule has 178 valence electrons. The van der Waals surface area contributed by atoms with Crippen LogP contribution in [0.15, 0.2) is 65.6 Å². The number of hydrogen-bond donors (Lipinski definition) is 0. The van der Waals surface area contributed by atoms with E-state index in [0.29, 0.717) is 16.3 Å². The number of ketones is 1. The van der Waals surface area contributed by atoms with Gasteiger partial charge in [-0.2, -0.15) is 0 Å². The van der Waals surface area contributed by atoms with Gasteiger partial charge in [0.15, 0.2) is 9.84 Å². The maximum atomic E-state index is 13.5. The first kappa shape index (κ1) is 25.3. The topological polar surface area (TPSA) is 78.9 Å². The predicted octanol–water partition coefficient (Wildman–Crippen LogP) is 5.34. The van der Waals surface area contributed by atoms with E-state index >= 15 is 0 Å². The van der Waals surface area contributed by atoms with Gasteiger partial charge in [0, 0.05) is 22.7 Å². The summed E-state index contributed by atoms with van der Waals surface area (Å²) < 4.78 is 56.3. The Hall–Kier alpha value is -3.36. The molecule has 6 nitrogen and oxygen atoms in total. The molecule has 3 aromatic rings. The zero-order chi connectivity index (χ0) is 24.9. The monoisotopic (exact) mass is 504 g/mol. The molecule has 0 saturated carbocycles. The van der Waals surface area contributed by atoms with Gasteiger partial charge in [-0.15, -0.1) is 0 Å². The van der Waals surface area contributed by atoms with Gasteiger partial charge in [0.25, 0.3) is 0 Å². The van der Waals surface area contributed by atoms with Crippen LogP contribution in [0.2, 0.25) is 5.02 Å². The maximum absolute atomic E-state index is 13.5. The minimum atomic E-state index is -4.20. The zero-order valence-corrected chi connectivity index (χ0v) is 20.2. The summed E-state index contributed by atoms with van der Waals surface area (Å²) in [4.78, 5) is 12.9. The quantitative estimate of drug-likeness (QED) is 0.289. The van der Waals surface area contributed by atoms with Gasteiger partial charge in [-0.25, -0.2) is 12.8 Å². The second kappa shape index (κ2) is 10.7. The molecule has 0 spiro atoms. The summed E-state index contributed by atoms with van der Waals surface area (Å²) in [6.45, 7) is 0. The fourth-order valence-corrected chi connectivity index (χ4v) is 4.83. The fraction of sp³-hybridized carbons (Fsp3) is 0.160. The number of allylic oxidation sites excluding steroid dienone is 1. The third-order valence-corrected chi connectivity index (χ3v) is 6.90. The van der Waals surface area contributed by atoms with Crippen LogP contribution in [0.1, 0.15) is 21.5 Å². The molecule has 0 aliphatic rings. The molecule has 3 rings (SSSR count). The number of carbonyl (C=O) groups excluding carboxylic acids is 1. The lowest BCUT2D eigenvalue weighted by molar-refractivity contribution is 0.104. The number of methoxy groups -OCH3 is 3. The van der Waals surface area contributed by atoms with E-state index in [1.807, 2.05) is 0 Å². The molecule has 0 N–H and O–H groups in total. The number of halogens is 2. The van der Waals surface area contributed by atoms with E-state index in [4.69, 9.17) is 25.8 Å². The summed E-state index contributed by atoms with van der Waals surface area (Å²) in [5.74, 6) is -0.838. The van der Waals surface area contributed by atoms with E-state index in [9.17, 15) is 17.6 Å². The molecule has 0 heterocycles. The van der Waals surface area contributed by atoms with E-state index < -0.39 is 32.1 Å². The predicted molar refractivity (Wildman–Crippen MR) is 129 cm³/mol. The third kappa shape index (κ3) is 5.76. The van der Waals surface area contributed by atoms with Crippen LogP contribution in [0.3, 0.4) is 0 Å².